The van der Waals surface area contributed by atoms with Gasteiger partial charge in [-0.25, -0.2) is 0 Å². The normalized spacial score (nSPS) is 11.0. The second kappa shape index (κ2) is 4.01. The summed E-state index contributed by atoms with van der Waals surface area (Å²) in [6.07, 6.45) is 2.00. The smallest absolute Gasteiger partial charge is 0.121 e. The standard InChI is InChI=1S/C10H9ClOS2/c1-13-10-7(5-11)8(12)4-6-2-3-14-9(6)10/h2-4,12H,5H2,1H3. The van der Waals surface area contributed by atoms with Gasteiger partial charge in [0.1, 0.15) is 5.75 Å². The summed E-state index contributed by atoms with van der Waals surface area (Å²) in [6, 6.07) is 3.79. The highest BCUT2D eigenvalue weighted by Crippen LogP contribution is 2.39. The van der Waals surface area contributed by atoms with Gasteiger partial charge in [0.15, 0.2) is 0 Å². The first-order valence-corrected chi connectivity index (χ1v) is 6.73. The Balaban J connectivity index is 2.82. The number of benzene rings is 1. The van der Waals surface area contributed by atoms with Gasteiger partial charge in [-0.05, 0) is 29.2 Å². The predicted octanol–water partition coefficient (Wildman–Crippen LogP) is 4.07. The fraction of sp³-hybridized carbons (Fsp3) is 0.200. The first kappa shape index (κ1) is 10.1. The molecule has 74 valence electrons. The van der Waals surface area contributed by atoms with Gasteiger partial charge in [-0.2, -0.15) is 0 Å². The van der Waals surface area contributed by atoms with Gasteiger partial charge in [0.2, 0.25) is 0 Å². The van der Waals surface area contributed by atoms with Crippen LogP contribution in [0.15, 0.2) is 22.4 Å². The molecule has 1 nitrogen and oxygen atoms in total. The number of aromatic hydroxyl groups is 1. The lowest BCUT2D eigenvalue weighted by Crippen LogP contribution is -1.84. The number of phenols is 1. The van der Waals surface area contributed by atoms with Crippen molar-refractivity contribution >= 4 is 44.8 Å². The Morgan fingerprint density at radius 1 is 1.57 bits per heavy atom. The predicted molar refractivity (Wildman–Crippen MR) is 64.8 cm³/mol. The molecule has 0 bridgehead atoms. The molecule has 2 aromatic rings. The number of alkyl halides is 1. The highest BCUT2D eigenvalue weighted by molar-refractivity contribution is 7.99. The number of hydrogen-bond acceptors (Lipinski definition) is 3. The molecule has 2 rings (SSSR count). The van der Waals surface area contributed by atoms with Crippen LogP contribution in [0.2, 0.25) is 0 Å². The molecule has 0 unspecified atom stereocenters. The molecule has 14 heavy (non-hydrogen) atoms. The maximum Gasteiger partial charge on any atom is 0.121 e. The van der Waals surface area contributed by atoms with Gasteiger partial charge in [0.25, 0.3) is 0 Å². The van der Waals surface area contributed by atoms with Gasteiger partial charge >= 0.3 is 0 Å². The Hall–Kier alpha value is -0.380. The molecular weight excluding hydrogens is 236 g/mol. The van der Waals surface area contributed by atoms with Crippen LogP contribution < -0.4 is 0 Å². The number of phenolic OH excluding ortho intramolecular Hbond substituents is 1. The zero-order chi connectivity index (χ0) is 10.1. The molecule has 0 atom stereocenters. The second-order valence-electron chi connectivity index (χ2n) is 2.88. The van der Waals surface area contributed by atoms with E-state index in [9.17, 15) is 5.11 Å². The molecule has 4 heteroatoms. The quantitative estimate of drug-likeness (QED) is 0.635. The maximum absolute atomic E-state index is 9.75. The average Bonchev–Trinajstić information content (AvgIpc) is 2.62. The molecule has 0 spiro atoms. The summed E-state index contributed by atoms with van der Waals surface area (Å²) >= 11 is 9.14. The van der Waals surface area contributed by atoms with Crippen molar-refractivity contribution in [3.63, 3.8) is 0 Å². The van der Waals surface area contributed by atoms with Gasteiger partial charge in [0, 0.05) is 15.2 Å². The minimum Gasteiger partial charge on any atom is -0.508 e. The number of hydrogen-bond donors (Lipinski definition) is 1. The summed E-state index contributed by atoms with van der Waals surface area (Å²) in [5, 5.41) is 12.9. The highest BCUT2D eigenvalue weighted by atomic mass is 35.5. The van der Waals surface area contributed by atoms with E-state index in [1.54, 1.807) is 29.2 Å². The molecule has 0 amide bonds. The molecule has 0 aliphatic heterocycles. The fourth-order valence-corrected chi connectivity index (χ4v) is 3.76. The minimum absolute atomic E-state index is 0.301. The van der Waals surface area contributed by atoms with Gasteiger partial charge < -0.3 is 5.11 Å². The molecule has 1 aromatic heterocycles. The Morgan fingerprint density at radius 2 is 2.36 bits per heavy atom. The summed E-state index contributed by atoms with van der Waals surface area (Å²) in [4.78, 5) is 1.10. The molecular formula is C10H9ClOS2. The zero-order valence-electron chi connectivity index (χ0n) is 7.58. The fourth-order valence-electron chi connectivity index (χ4n) is 1.45. The van der Waals surface area contributed by atoms with E-state index in [-0.39, 0.29) is 0 Å². The average molecular weight is 245 g/mol. The Labute approximate surface area is 95.7 Å². The lowest BCUT2D eigenvalue weighted by Gasteiger charge is -2.07. The van der Waals surface area contributed by atoms with Crippen molar-refractivity contribution < 1.29 is 5.11 Å². The first-order valence-electron chi connectivity index (χ1n) is 4.10. The molecule has 1 heterocycles. The number of rotatable bonds is 2. The Kier molecular flexibility index (Phi) is 2.91. The molecule has 0 saturated heterocycles. The zero-order valence-corrected chi connectivity index (χ0v) is 9.97. The second-order valence-corrected chi connectivity index (χ2v) is 4.88. The number of fused-ring (bicyclic) bond motifs is 1. The van der Waals surface area contributed by atoms with Crippen LogP contribution in [0.4, 0.5) is 0 Å². The van der Waals surface area contributed by atoms with Crippen molar-refractivity contribution in [3.8, 4) is 5.75 Å². The van der Waals surface area contributed by atoms with Crippen molar-refractivity contribution in [2.45, 2.75) is 10.8 Å². The molecule has 0 aliphatic carbocycles. The SMILES string of the molecule is CSc1c(CCl)c(O)cc2ccsc12. The third kappa shape index (κ3) is 1.49. The third-order valence-corrected chi connectivity index (χ3v) is 4.32. The summed E-state index contributed by atoms with van der Waals surface area (Å²) in [7, 11) is 0. The van der Waals surface area contributed by atoms with Crippen molar-refractivity contribution in [1.82, 2.24) is 0 Å². The van der Waals surface area contributed by atoms with Gasteiger partial charge in [-0.1, -0.05) is 0 Å². The van der Waals surface area contributed by atoms with E-state index in [2.05, 4.69) is 0 Å². The van der Waals surface area contributed by atoms with E-state index >= 15 is 0 Å². The number of thioether (sulfide) groups is 1. The molecule has 0 aliphatic rings. The van der Waals surface area contributed by atoms with E-state index < -0.39 is 0 Å². The molecule has 0 saturated carbocycles. The summed E-state index contributed by atoms with van der Waals surface area (Å²) in [5.74, 6) is 0.658. The lowest BCUT2D eigenvalue weighted by molar-refractivity contribution is 0.469. The van der Waals surface area contributed by atoms with E-state index in [1.807, 2.05) is 17.7 Å². The van der Waals surface area contributed by atoms with Gasteiger partial charge in [-0.3, -0.25) is 0 Å². The van der Waals surface area contributed by atoms with Crippen LogP contribution in [0, 0.1) is 0 Å². The Bertz CT molecular complexity index is 464. The van der Waals surface area contributed by atoms with Crippen LogP contribution >= 0.6 is 34.7 Å². The molecule has 1 aromatic carbocycles. The maximum atomic E-state index is 9.75. The molecule has 0 fully saturated rings. The van der Waals surface area contributed by atoms with Crippen LogP contribution in [-0.2, 0) is 5.88 Å². The van der Waals surface area contributed by atoms with Crippen molar-refractivity contribution in [2.24, 2.45) is 0 Å². The number of halogens is 1. The van der Waals surface area contributed by atoms with Gasteiger partial charge in [0.05, 0.1) is 5.88 Å². The summed E-state index contributed by atoms with van der Waals surface area (Å²) in [6.45, 7) is 0. The van der Waals surface area contributed by atoms with Crippen molar-refractivity contribution in [1.29, 1.82) is 0 Å². The van der Waals surface area contributed by atoms with E-state index in [0.717, 1.165) is 15.8 Å². The summed E-state index contributed by atoms with van der Waals surface area (Å²) < 4.78 is 1.21. The third-order valence-electron chi connectivity index (χ3n) is 2.12. The monoisotopic (exact) mass is 244 g/mol. The van der Waals surface area contributed by atoms with Crippen LogP contribution in [0.5, 0.6) is 5.75 Å². The van der Waals surface area contributed by atoms with E-state index in [0.29, 0.717) is 11.6 Å². The summed E-state index contributed by atoms with van der Waals surface area (Å²) in [5.41, 5.74) is 0.842. The molecule has 1 N–H and O–H groups in total. The van der Waals surface area contributed by atoms with E-state index in [1.165, 1.54) is 4.70 Å². The van der Waals surface area contributed by atoms with Crippen LogP contribution in [0.3, 0.4) is 0 Å². The topological polar surface area (TPSA) is 20.2 Å². The number of thiophene rings is 1. The highest BCUT2D eigenvalue weighted by Gasteiger charge is 2.12. The van der Waals surface area contributed by atoms with Crippen LogP contribution in [-0.4, -0.2) is 11.4 Å². The van der Waals surface area contributed by atoms with E-state index in [4.69, 9.17) is 11.6 Å². The van der Waals surface area contributed by atoms with Crippen LogP contribution in [0.1, 0.15) is 5.56 Å². The Morgan fingerprint density at radius 3 is 3.00 bits per heavy atom. The lowest BCUT2D eigenvalue weighted by atomic mass is 10.2. The van der Waals surface area contributed by atoms with Crippen molar-refractivity contribution in [3.05, 3.63) is 23.1 Å². The van der Waals surface area contributed by atoms with Crippen molar-refractivity contribution in [2.75, 3.05) is 6.26 Å². The minimum atomic E-state index is 0.301. The van der Waals surface area contributed by atoms with Crippen LogP contribution in [0.25, 0.3) is 10.1 Å². The largest absolute Gasteiger partial charge is 0.508 e. The van der Waals surface area contributed by atoms with Gasteiger partial charge in [-0.15, -0.1) is 34.7 Å². The first-order chi connectivity index (χ1) is 6.77. The molecule has 0 radical (unpaired) electrons.